The van der Waals surface area contributed by atoms with Gasteiger partial charge in [0, 0.05) is 12.1 Å². The predicted molar refractivity (Wildman–Crippen MR) is 37.8 cm³/mol. The van der Waals surface area contributed by atoms with Crippen LogP contribution in [0, 0.1) is 27.3 Å². The van der Waals surface area contributed by atoms with Gasteiger partial charge in [-0.25, -0.2) is 4.39 Å². The van der Waals surface area contributed by atoms with Crippen LogP contribution in [0.2, 0.25) is 0 Å². The Morgan fingerprint density at radius 2 is 2.25 bits per heavy atom. The molecule has 0 aromatic heterocycles. The number of non-ortho nitro benzene ring substituents is 1. The van der Waals surface area contributed by atoms with E-state index in [0.717, 1.165) is 18.2 Å². The SMILES string of the molecule is N#Cc1cc([N+](=O)[O-])ccc1[18F]. The molecule has 0 spiro atoms. The minimum atomic E-state index is -0.747. The Balaban J connectivity index is 3.25. The average molecular weight is 165 g/mol. The maximum atomic E-state index is 12.6. The molecule has 0 heterocycles. The van der Waals surface area contributed by atoms with Crippen molar-refractivity contribution in [1.29, 1.82) is 5.26 Å². The van der Waals surface area contributed by atoms with E-state index in [2.05, 4.69) is 0 Å². The molecule has 0 atom stereocenters. The Labute approximate surface area is 67.0 Å². The van der Waals surface area contributed by atoms with Gasteiger partial charge in [-0.15, -0.1) is 0 Å². The fourth-order valence-electron chi connectivity index (χ4n) is 0.713. The van der Waals surface area contributed by atoms with Gasteiger partial charge < -0.3 is 0 Å². The van der Waals surface area contributed by atoms with Crippen molar-refractivity contribution in [3.05, 3.63) is 39.7 Å². The molecule has 0 fully saturated rings. The van der Waals surface area contributed by atoms with Crippen LogP contribution in [0.1, 0.15) is 5.56 Å². The van der Waals surface area contributed by atoms with Crippen LogP contribution < -0.4 is 0 Å². The summed E-state index contributed by atoms with van der Waals surface area (Å²) in [5.74, 6) is -0.747. The quantitative estimate of drug-likeness (QED) is 0.468. The lowest BCUT2D eigenvalue weighted by Crippen LogP contribution is -1.90. The Kier molecular flexibility index (Phi) is 2.01. The van der Waals surface area contributed by atoms with E-state index in [1.165, 1.54) is 6.07 Å². The third-order valence-electron chi connectivity index (χ3n) is 1.28. The molecular formula is C7H3FN2O2. The van der Waals surface area contributed by atoms with Crippen LogP contribution in [0.25, 0.3) is 0 Å². The van der Waals surface area contributed by atoms with Crippen LogP contribution >= 0.6 is 0 Å². The molecule has 0 saturated carbocycles. The molecule has 12 heavy (non-hydrogen) atoms. The molecular weight excluding hydrogens is 162 g/mol. The molecule has 0 N–H and O–H groups in total. The van der Waals surface area contributed by atoms with Gasteiger partial charge in [-0.05, 0) is 6.07 Å². The van der Waals surface area contributed by atoms with Gasteiger partial charge in [-0.1, -0.05) is 0 Å². The molecule has 0 amide bonds. The van der Waals surface area contributed by atoms with Gasteiger partial charge in [0.25, 0.3) is 5.69 Å². The number of hydrogen-bond acceptors (Lipinski definition) is 3. The fourth-order valence-corrected chi connectivity index (χ4v) is 0.713. The number of nitro groups is 1. The molecule has 1 rings (SSSR count). The molecule has 0 bridgehead atoms. The lowest BCUT2D eigenvalue weighted by Gasteiger charge is -1.92. The van der Waals surface area contributed by atoms with Crippen LogP contribution in [-0.2, 0) is 0 Å². The average Bonchev–Trinajstić information content (AvgIpc) is 2.05. The largest absolute Gasteiger partial charge is 0.270 e. The number of nitriles is 1. The lowest BCUT2D eigenvalue weighted by molar-refractivity contribution is -0.384. The van der Waals surface area contributed by atoms with Gasteiger partial charge in [0.1, 0.15) is 11.9 Å². The van der Waals surface area contributed by atoms with E-state index in [9.17, 15) is 14.5 Å². The number of nitrogens with zero attached hydrogens (tertiary/aromatic N) is 2. The highest BCUT2D eigenvalue weighted by Gasteiger charge is 2.09. The molecule has 1 aromatic rings. The summed E-state index contributed by atoms with van der Waals surface area (Å²) in [6.45, 7) is 0. The Morgan fingerprint density at radius 3 is 2.75 bits per heavy atom. The summed E-state index contributed by atoms with van der Waals surface area (Å²) < 4.78 is 12.6. The van der Waals surface area contributed by atoms with E-state index >= 15 is 0 Å². The van der Waals surface area contributed by atoms with Crippen LogP contribution in [0.15, 0.2) is 18.2 Å². The molecule has 0 unspecified atom stereocenters. The Bertz CT molecular complexity index is 370. The first-order valence-electron chi connectivity index (χ1n) is 2.99. The highest BCUT2D eigenvalue weighted by atomic mass is 18.2. The smallest absolute Gasteiger partial charge is 0.258 e. The zero-order valence-corrected chi connectivity index (χ0v) is 5.82. The van der Waals surface area contributed by atoms with Gasteiger partial charge in [-0.3, -0.25) is 10.1 Å². The third-order valence-corrected chi connectivity index (χ3v) is 1.28. The maximum Gasteiger partial charge on any atom is 0.270 e. The molecule has 0 aliphatic carbocycles. The fraction of sp³-hybridized carbons (Fsp3) is 0. The maximum absolute atomic E-state index is 12.6. The molecule has 1 aromatic carbocycles. The molecule has 0 aliphatic rings. The van der Waals surface area contributed by atoms with Crippen LogP contribution in [0.4, 0.5) is 10.1 Å². The molecule has 5 heteroatoms. The van der Waals surface area contributed by atoms with E-state index < -0.39 is 10.7 Å². The van der Waals surface area contributed by atoms with E-state index in [-0.39, 0.29) is 11.3 Å². The molecule has 0 saturated heterocycles. The minimum absolute atomic E-state index is 0.284. The van der Waals surface area contributed by atoms with Crippen molar-refractivity contribution in [2.75, 3.05) is 0 Å². The second-order valence-corrected chi connectivity index (χ2v) is 2.03. The van der Waals surface area contributed by atoms with Crippen molar-refractivity contribution in [2.45, 2.75) is 0 Å². The first-order chi connectivity index (χ1) is 5.65. The van der Waals surface area contributed by atoms with Crippen molar-refractivity contribution in [3.63, 3.8) is 0 Å². The third kappa shape index (κ3) is 1.37. The van der Waals surface area contributed by atoms with Crippen molar-refractivity contribution < 1.29 is 9.31 Å². The molecule has 0 aliphatic heterocycles. The minimum Gasteiger partial charge on any atom is -0.258 e. The van der Waals surface area contributed by atoms with Crippen molar-refractivity contribution in [3.8, 4) is 6.07 Å². The topological polar surface area (TPSA) is 66.9 Å². The normalized spacial score (nSPS) is 9.00. The van der Waals surface area contributed by atoms with E-state index in [1.54, 1.807) is 0 Å². The molecule has 4 nitrogen and oxygen atoms in total. The number of hydrogen-bond donors (Lipinski definition) is 0. The first-order valence-corrected chi connectivity index (χ1v) is 2.99. The number of rotatable bonds is 1. The summed E-state index contributed by atoms with van der Waals surface area (Å²) in [5.41, 5.74) is -0.600. The lowest BCUT2D eigenvalue weighted by atomic mass is 10.2. The highest BCUT2D eigenvalue weighted by molar-refractivity contribution is 5.41. The van der Waals surface area contributed by atoms with Crippen LogP contribution in [-0.4, -0.2) is 4.92 Å². The van der Waals surface area contributed by atoms with Gasteiger partial charge >= 0.3 is 0 Å². The second-order valence-electron chi connectivity index (χ2n) is 2.03. The Hall–Kier alpha value is -1.96. The zero-order chi connectivity index (χ0) is 9.14. The first kappa shape index (κ1) is 8.14. The van der Waals surface area contributed by atoms with E-state index in [0.29, 0.717) is 0 Å². The van der Waals surface area contributed by atoms with Crippen LogP contribution in [0.3, 0.4) is 0 Å². The van der Waals surface area contributed by atoms with Crippen molar-refractivity contribution >= 4 is 5.69 Å². The summed E-state index contributed by atoms with van der Waals surface area (Å²) in [7, 11) is 0. The van der Waals surface area contributed by atoms with Gasteiger partial charge in [0.05, 0.1) is 10.5 Å². The number of halogens is 1. The summed E-state index contributed by atoms with van der Waals surface area (Å²) in [6, 6.07) is 4.32. The number of nitro benzene ring substituents is 1. The van der Waals surface area contributed by atoms with Gasteiger partial charge in [-0.2, -0.15) is 5.26 Å². The summed E-state index contributed by atoms with van der Waals surface area (Å²) >= 11 is 0. The number of benzene rings is 1. The second kappa shape index (κ2) is 2.96. The predicted octanol–water partition coefficient (Wildman–Crippen LogP) is 1.61. The summed E-state index contributed by atoms with van der Waals surface area (Å²) in [5, 5.41) is 18.5. The molecule has 0 radical (unpaired) electrons. The monoisotopic (exact) mass is 165 g/mol. The molecule has 60 valence electrons. The highest BCUT2D eigenvalue weighted by Crippen LogP contribution is 2.15. The Morgan fingerprint density at radius 1 is 1.58 bits per heavy atom. The van der Waals surface area contributed by atoms with Gasteiger partial charge in [0.2, 0.25) is 0 Å². The van der Waals surface area contributed by atoms with E-state index in [1.807, 2.05) is 0 Å². The van der Waals surface area contributed by atoms with E-state index in [4.69, 9.17) is 5.26 Å². The van der Waals surface area contributed by atoms with Crippen molar-refractivity contribution in [1.82, 2.24) is 0 Å². The van der Waals surface area contributed by atoms with Crippen LogP contribution in [0.5, 0.6) is 0 Å². The summed E-state index contributed by atoms with van der Waals surface area (Å²) in [6.07, 6.45) is 0. The standard InChI is InChI=1S/C7H3FN2O2/c8-7-2-1-6(10(11)12)3-5(7)4-9/h1-3H/i8-1. The summed E-state index contributed by atoms with van der Waals surface area (Å²) in [4.78, 5) is 9.47. The van der Waals surface area contributed by atoms with Gasteiger partial charge in [0.15, 0.2) is 0 Å². The van der Waals surface area contributed by atoms with Crippen molar-refractivity contribution in [2.24, 2.45) is 0 Å². The zero-order valence-electron chi connectivity index (χ0n) is 5.82.